The Bertz CT molecular complexity index is 306. The highest BCUT2D eigenvalue weighted by atomic mass is 16.5. The van der Waals surface area contributed by atoms with E-state index in [1.165, 1.54) is 18.4 Å². The maximum atomic E-state index is 11.1. The first kappa shape index (κ1) is 11.8. The molecule has 0 bridgehead atoms. The van der Waals surface area contributed by atoms with E-state index < -0.39 is 0 Å². The van der Waals surface area contributed by atoms with Crippen molar-refractivity contribution in [1.29, 1.82) is 0 Å². The van der Waals surface area contributed by atoms with Crippen LogP contribution in [0.3, 0.4) is 0 Å². The number of Topliss-reactive ketones (excluding diaryl/α,β-unsaturated/α-hetero) is 1. The molecule has 1 saturated heterocycles. The number of ether oxygens (including phenoxy) is 1. The molecule has 0 aromatic heterocycles. The molecule has 1 heterocycles. The van der Waals surface area contributed by atoms with E-state index in [0.29, 0.717) is 18.3 Å². The van der Waals surface area contributed by atoms with Crippen LogP contribution in [0.1, 0.15) is 46.5 Å². The molecule has 16 heavy (non-hydrogen) atoms. The third-order valence-electron chi connectivity index (χ3n) is 3.97. The molecule has 1 aliphatic heterocycles. The van der Waals surface area contributed by atoms with E-state index in [1.807, 2.05) is 0 Å². The van der Waals surface area contributed by atoms with Gasteiger partial charge in [0.25, 0.3) is 0 Å². The van der Waals surface area contributed by atoms with Gasteiger partial charge in [-0.25, -0.2) is 0 Å². The number of rotatable bonds is 2. The average molecular weight is 222 g/mol. The lowest BCUT2D eigenvalue weighted by Gasteiger charge is -2.42. The van der Waals surface area contributed by atoms with Crippen molar-refractivity contribution < 1.29 is 9.53 Å². The zero-order valence-corrected chi connectivity index (χ0v) is 10.5. The Morgan fingerprint density at radius 1 is 1.56 bits per heavy atom. The topological polar surface area (TPSA) is 26.3 Å². The summed E-state index contributed by atoms with van der Waals surface area (Å²) in [5.74, 6) is 1.60. The minimum absolute atomic E-state index is 0.149. The number of allylic oxidation sites excluding steroid dienone is 1. The molecule has 2 aliphatic rings. The van der Waals surface area contributed by atoms with Gasteiger partial charge in [0, 0.05) is 6.42 Å². The van der Waals surface area contributed by atoms with Crippen LogP contribution in [0.15, 0.2) is 11.6 Å². The largest absolute Gasteiger partial charge is 0.370 e. The maximum absolute atomic E-state index is 11.1. The van der Waals surface area contributed by atoms with E-state index in [9.17, 15) is 4.79 Å². The van der Waals surface area contributed by atoms with Crippen molar-refractivity contribution in [2.75, 3.05) is 0 Å². The van der Waals surface area contributed by atoms with Crippen molar-refractivity contribution in [3.63, 3.8) is 0 Å². The predicted octanol–water partition coefficient (Wildman–Crippen LogP) is 3.12. The molecule has 0 spiro atoms. The van der Waals surface area contributed by atoms with Crippen LogP contribution in [0, 0.1) is 11.8 Å². The van der Waals surface area contributed by atoms with E-state index in [4.69, 9.17) is 4.74 Å². The first-order chi connectivity index (χ1) is 7.56. The van der Waals surface area contributed by atoms with Crippen molar-refractivity contribution >= 4 is 5.78 Å². The summed E-state index contributed by atoms with van der Waals surface area (Å²) >= 11 is 0. The summed E-state index contributed by atoms with van der Waals surface area (Å²) < 4.78 is 6.04. The number of hydrogen-bond acceptors (Lipinski definition) is 2. The van der Waals surface area contributed by atoms with Gasteiger partial charge in [-0.15, -0.1) is 0 Å². The number of carbonyl (C=O) groups excluding carboxylic acids is 1. The summed E-state index contributed by atoms with van der Waals surface area (Å²) in [5, 5.41) is 0. The lowest BCUT2D eigenvalue weighted by atomic mass is 9.75. The second kappa shape index (κ2) is 4.70. The highest BCUT2D eigenvalue weighted by Gasteiger charge is 2.36. The smallest absolute Gasteiger partial charge is 0.132 e. The third-order valence-corrected chi connectivity index (χ3v) is 3.97. The molecule has 1 fully saturated rings. The lowest BCUT2D eigenvalue weighted by molar-refractivity contribution is -0.127. The standard InChI is InChI=1S/C14H22O2/c1-9-4-5-13-10(2)7-12(8-11(3)15)16-14(13)6-9/h6,10,12-14H,4-5,7-8H2,1-3H3/t10-,12-,13+,14-/m0/s1. The average Bonchev–Trinajstić information content (AvgIpc) is 2.15. The van der Waals surface area contributed by atoms with E-state index in [1.54, 1.807) is 6.92 Å². The van der Waals surface area contributed by atoms with E-state index in [0.717, 1.165) is 6.42 Å². The fourth-order valence-corrected chi connectivity index (χ4v) is 3.11. The van der Waals surface area contributed by atoms with Gasteiger partial charge in [0.15, 0.2) is 0 Å². The summed E-state index contributed by atoms with van der Waals surface area (Å²) in [7, 11) is 0. The van der Waals surface area contributed by atoms with Crippen LogP contribution in [0.2, 0.25) is 0 Å². The van der Waals surface area contributed by atoms with Crippen molar-refractivity contribution in [2.45, 2.75) is 58.7 Å². The maximum Gasteiger partial charge on any atom is 0.132 e. The van der Waals surface area contributed by atoms with Crippen molar-refractivity contribution in [3.8, 4) is 0 Å². The SMILES string of the molecule is CC(=O)C[C@@H]1C[C@H](C)[C@H]2CCC(C)=C[C@@H]2O1. The fraction of sp³-hybridized carbons (Fsp3) is 0.786. The molecule has 2 nitrogen and oxygen atoms in total. The molecule has 90 valence electrons. The minimum Gasteiger partial charge on any atom is -0.370 e. The first-order valence-corrected chi connectivity index (χ1v) is 6.38. The molecule has 0 aromatic rings. The van der Waals surface area contributed by atoms with Crippen LogP contribution in [-0.4, -0.2) is 18.0 Å². The van der Waals surface area contributed by atoms with Gasteiger partial charge >= 0.3 is 0 Å². The summed E-state index contributed by atoms with van der Waals surface area (Å²) in [5.41, 5.74) is 1.44. The second-order valence-electron chi connectivity index (χ2n) is 5.56. The molecule has 0 aromatic carbocycles. The Kier molecular flexibility index (Phi) is 3.48. The van der Waals surface area contributed by atoms with Gasteiger partial charge in [0.2, 0.25) is 0 Å². The molecule has 0 radical (unpaired) electrons. The summed E-state index contributed by atoms with van der Waals surface area (Å²) in [4.78, 5) is 11.1. The van der Waals surface area contributed by atoms with Gasteiger partial charge in [-0.3, -0.25) is 4.79 Å². The Morgan fingerprint density at radius 3 is 3.00 bits per heavy atom. The second-order valence-corrected chi connectivity index (χ2v) is 5.56. The molecule has 0 saturated carbocycles. The monoisotopic (exact) mass is 222 g/mol. The highest BCUT2D eigenvalue weighted by Crippen LogP contribution is 2.39. The van der Waals surface area contributed by atoms with Crippen LogP contribution < -0.4 is 0 Å². The molecule has 0 unspecified atom stereocenters. The summed E-state index contributed by atoms with van der Waals surface area (Å²) in [6.07, 6.45) is 6.79. The van der Waals surface area contributed by atoms with Crippen molar-refractivity contribution in [1.82, 2.24) is 0 Å². The van der Waals surface area contributed by atoms with Gasteiger partial charge in [-0.2, -0.15) is 0 Å². The molecule has 0 amide bonds. The predicted molar refractivity (Wildman–Crippen MR) is 64.2 cm³/mol. The Hall–Kier alpha value is -0.630. The van der Waals surface area contributed by atoms with Gasteiger partial charge in [0.1, 0.15) is 5.78 Å². The normalized spacial score (nSPS) is 38.8. The first-order valence-electron chi connectivity index (χ1n) is 6.38. The van der Waals surface area contributed by atoms with Crippen LogP contribution in [0.25, 0.3) is 0 Å². The van der Waals surface area contributed by atoms with Gasteiger partial charge in [0.05, 0.1) is 12.2 Å². The van der Waals surface area contributed by atoms with Crippen molar-refractivity contribution in [2.24, 2.45) is 11.8 Å². The number of ketones is 1. The molecular weight excluding hydrogens is 200 g/mol. The molecular formula is C14H22O2. The minimum atomic E-state index is 0.149. The van der Waals surface area contributed by atoms with Gasteiger partial charge in [-0.1, -0.05) is 18.6 Å². The fourth-order valence-electron chi connectivity index (χ4n) is 3.11. The summed E-state index contributed by atoms with van der Waals surface area (Å²) in [6.45, 7) is 6.14. The molecule has 1 aliphatic carbocycles. The molecule has 0 N–H and O–H groups in total. The third kappa shape index (κ3) is 2.54. The number of hydrogen-bond donors (Lipinski definition) is 0. The number of carbonyl (C=O) groups is 1. The molecule has 2 heteroatoms. The molecule has 4 atom stereocenters. The van der Waals surface area contributed by atoms with Crippen LogP contribution >= 0.6 is 0 Å². The van der Waals surface area contributed by atoms with E-state index >= 15 is 0 Å². The zero-order valence-electron chi connectivity index (χ0n) is 10.5. The Labute approximate surface area is 98.1 Å². The Morgan fingerprint density at radius 2 is 2.31 bits per heavy atom. The summed E-state index contributed by atoms with van der Waals surface area (Å²) in [6, 6.07) is 0. The van der Waals surface area contributed by atoms with Crippen LogP contribution in [0.5, 0.6) is 0 Å². The Balaban J connectivity index is 2.05. The van der Waals surface area contributed by atoms with Gasteiger partial charge < -0.3 is 4.74 Å². The van der Waals surface area contributed by atoms with Crippen LogP contribution in [-0.2, 0) is 9.53 Å². The highest BCUT2D eigenvalue weighted by molar-refractivity contribution is 5.76. The van der Waals surface area contributed by atoms with Crippen molar-refractivity contribution in [3.05, 3.63) is 11.6 Å². The van der Waals surface area contributed by atoms with Crippen LogP contribution in [0.4, 0.5) is 0 Å². The quantitative estimate of drug-likeness (QED) is 0.671. The van der Waals surface area contributed by atoms with Gasteiger partial charge in [-0.05, 0) is 44.9 Å². The molecule has 2 rings (SSSR count). The van der Waals surface area contributed by atoms with E-state index in [2.05, 4.69) is 19.9 Å². The van der Waals surface area contributed by atoms with E-state index in [-0.39, 0.29) is 18.0 Å². The lowest BCUT2D eigenvalue weighted by Crippen LogP contribution is -2.41. The zero-order chi connectivity index (χ0) is 11.7. The number of fused-ring (bicyclic) bond motifs is 1.